The van der Waals surface area contributed by atoms with E-state index in [-0.39, 0.29) is 22.9 Å². The maximum Gasteiger partial charge on any atom is 0.412 e. The summed E-state index contributed by atoms with van der Waals surface area (Å²) in [6, 6.07) is 21.5. The molecule has 1 unspecified atom stereocenters. The summed E-state index contributed by atoms with van der Waals surface area (Å²) >= 11 is 0. The SMILES string of the molecule is C[C@@](N)(Cc1ccccc1)c1nnc(-c2cc(C(=O)NC(c3ccccc3)C(F)(F)F)cc(C3(C#N)CCCC3)c2)o1. The van der Waals surface area contributed by atoms with Crippen molar-refractivity contribution in [1.29, 1.82) is 5.26 Å². The van der Waals surface area contributed by atoms with Gasteiger partial charge in [-0.1, -0.05) is 73.5 Å². The molecule has 42 heavy (non-hydrogen) atoms. The monoisotopic (exact) mass is 573 g/mol. The second-order valence-corrected chi connectivity index (χ2v) is 11.1. The number of hydrogen-bond acceptors (Lipinski definition) is 6. The molecular weight excluding hydrogens is 543 g/mol. The Kier molecular flexibility index (Phi) is 7.89. The van der Waals surface area contributed by atoms with E-state index in [0.29, 0.717) is 30.4 Å². The van der Waals surface area contributed by atoms with Gasteiger partial charge in [0.1, 0.15) is 0 Å². The van der Waals surface area contributed by atoms with E-state index in [2.05, 4.69) is 21.6 Å². The minimum absolute atomic E-state index is 0.0475. The highest BCUT2D eigenvalue weighted by atomic mass is 19.4. The van der Waals surface area contributed by atoms with Gasteiger partial charge in [0.25, 0.3) is 5.91 Å². The first kappa shape index (κ1) is 29.0. The number of hydrogen-bond donors (Lipinski definition) is 2. The summed E-state index contributed by atoms with van der Waals surface area (Å²) in [4.78, 5) is 13.4. The summed E-state index contributed by atoms with van der Waals surface area (Å²) in [6.45, 7) is 1.76. The van der Waals surface area contributed by atoms with Gasteiger partial charge in [-0.3, -0.25) is 4.79 Å². The number of carbonyl (C=O) groups excluding carboxylic acids is 1. The van der Waals surface area contributed by atoms with Crippen molar-refractivity contribution in [2.75, 3.05) is 0 Å². The van der Waals surface area contributed by atoms with Crippen LogP contribution in [0.4, 0.5) is 13.2 Å². The molecule has 1 heterocycles. The molecule has 1 fully saturated rings. The van der Waals surface area contributed by atoms with Crippen LogP contribution < -0.4 is 11.1 Å². The highest BCUT2D eigenvalue weighted by molar-refractivity contribution is 5.96. The molecule has 0 bridgehead atoms. The van der Waals surface area contributed by atoms with E-state index in [4.69, 9.17) is 10.2 Å². The Morgan fingerprint density at radius 2 is 1.69 bits per heavy atom. The number of amides is 1. The molecule has 7 nitrogen and oxygen atoms in total. The lowest BCUT2D eigenvalue weighted by atomic mass is 9.79. The van der Waals surface area contributed by atoms with Gasteiger partial charge in [0.2, 0.25) is 11.8 Å². The number of nitrogens with zero attached hydrogens (tertiary/aromatic N) is 3. The van der Waals surface area contributed by atoms with Gasteiger partial charge in [-0.25, -0.2) is 0 Å². The first-order valence-electron chi connectivity index (χ1n) is 13.7. The number of nitriles is 1. The summed E-state index contributed by atoms with van der Waals surface area (Å²) in [6.07, 6.45) is -1.55. The van der Waals surface area contributed by atoms with Crippen molar-refractivity contribution in [2.45, 2.75) is 62.2 Å². The topological polar surface area (TPSA) is 118 Å². The number of rotatable bonds is 8. The zero-order valence-electron chi connectivity index (χ0n) is 23.0. The minimum atomic E-state index is -4.73. The van der Waals surface area contributed by atoms with Crippen LogP contribution in [0.15, 0.2) is 83.3 Å². The normalized spacial score (nSPS) is 16.8. The molecular formula is C32H30F3N5O2. The fraction of sp³-hybridized carbons (Fsp3) is 0.312. The molecule has 0 spiro atoms. The summed E-state index contributed by atoms with van der Waals surface area (Å²) < 4.78 is 48.1. The Labute approximate surface area is 241 Å². The number of carbonyl (C=O) groups is 1. The van der Waals surface area contributed by atoms with Crippen LogP contribution in [0.1, 0.15) is 71.6 Å². The second-order valence-electron chi connectivity index (χ2n) is 11.1. The maximum atomic E-state index is 14.0. The van der Waals surface area contributed by atoms with E-state index in [1.54, 1.807) is 19.1 Å². The molecule has 0 radical (unpaired) electrons. The maximum absolute atomic E-state index is 14.0. The second kappa shape index (κ2) is 11.4. The number of alkyl halides is 3. The Morgan fingerprint density at radius 1 is 1.05 bits per heavy atom. The fourth-order valence-electron chi connectivity index (χ4n) is 5.48. The van der Waals surface area contributed by atoms with Crippen LogP contribution in [0.3, 0.4) is 0 Å². The van der Waals surface area contributed by atoms with Gasteiger partial charge in [0.15, 0.2) is 6.04 Å². The van der Waals surface area contributed by atoms with Crippen LogP contribution in [0.2, 0.25) is 0 Å². The van der Waals surface area contributed by atoms with E-state index in [1.807, 2.05) is 30.3 Å². The van der Waals surface area contributed by atoms with E-state index >= 15 is 0 Å². The quantitative estimate of drug-likeness (QED) is 0.248. The molecule has 0 saturated heterocycles. The van der Waals surface area contributed by atoms with Crippen LogP contribution in [-0.2, 0) is 17.4 Å². The van der Waals surface area contributed by atoms with Crippen LogP contribution in [0.25, 0.3) is 11.5 Å². The molecule has 1 aromatic heterocycles. The summed E-state index contributed by atoms with van der Waals surface area (Å²) in [7, 11) is 0. The van der Waals surface area contributed by atoms with E-state index < -0.39 is 29.1 Å². The lowest BCUT2D eigenvalue weighted by molar-refractivity contribution is -0.155. The number of benzene rings is 3. The molecule has 2 atom stereocenters. The predicted octanol–water partition coefficient (Wildman–Crippen LogP) is 6.52. The van der Waals surface area contributed by atoms with Gasteiger partial charge in [0.05, 0.1) is 17.0 Å². The number of aromatic nitrogens is 2. The number of nitrogens with two attached hydrogens (primary N) is 1. The zero-order chi connectivity index (χ0) is 30.0. The van der Waals surface area contributed by atoms with E-state index in [1.165, 1.54) is 36.4 Å². The highest BCUT2D eigenvalue weighted by Gasteiger charge is 2.42. The summed E-state index contributed by atoms with van der Waals surface area (Å²) in [5, 5.41) is 20.6. The third-order valence-corrected chi connectivity index (χ3v) is 7.73. The average Bonchev–Trinajstić information content (AvgIpc) is 3.67. The standard InChI is InChI=1S/C32H30F3N5O2/c1-30(37,19-21-10-4-2-5-11-21)29-40-39-28(42-29)24-16-23(17-25(18-24)31(20-36)14-8-9-15-31)27(41)38-26(32(33,34)35)22-12-6-3-7-13-22/h2-7,10-13,16-18,26H,8-9,14-15,19,37H2,1H3,(H,38,41)/t26?,30-/m1/s1. The molecule has 216 valence electrons. The van der Waals surface area contributed by atoms with Gasteiger partial charge in [-0.2, -0.15) is 18.4 Å². The third-order valence-electron chi connectivity index (χ3n) is 7.73. The fourth-order valence-corrected chi connectivity index (χ4v) is 5.48. The molecule has 3 aromatic carbocycles. The first-order valence-corrected chi connectivity index (χ1v) is 13.7. The van der Waals surface area contributed by atoms with E-state index in [0.717, 1.165) is 18.4 Å². The summed E-state index contributed by atoms with van der Waals surface area (Å²) in [5.74, 6) is -0.732. The lowest BCUT2D eigenvalue weighted by Crippen LogP contribution is -2.38. The minimum Gasteiger partial charge on any atom is -0.419 e. The van der Waals surface area contributed by atoms with Crippen molar-refractivity contribution in [3.8, 4) is 17.5 Å². The Hall–Kier alpha value is -4.49. The molecule has 1 aliphatic rings. The van der Waals surface area contributed by atoms with Gasteiger partial charge < -0.3 is 15.5 Å². The molecule has 1 saturated carbocycles. The van der Waals surface area contributed by atoms with Crippen LogP contribution >= 0.6 is 0 Å². The van der Waals surface area contributed by atoms with Crippen LogP contribution in [0, 0.1) is 11.3 Å². The Bertz CT molecular complexity index is 1590. The molecule has 3 N–H and O–H groups in total. The Balaban J connectivity index is 1.53. The van der Waals surface area contributed by atoms with Gasteiger partial charge in [-0.05, 0) is 61.1 Å². The molecule has 1 amide bonds. The predicted molar refractivity (Wildman–Crippen MR) is 150 cm³/mol. The smallest absolute Gasteiger partial charge is 0.412 e. The Morgan fingerprint density at radius 3 is 2.31 bits per heavy atom. The molecule has 5 rings (SSSR count). The van der Waals surface area contributed by atoms with Crippen molar-refractivity contribution < 1.29 is 22.4 Å². The average molecular weight is 574 g/mol. The highest BCUT2D eigenvalue weighted by Crippen LogP contribution is 2.42. The zero-order valence-corrected chi connectivity index (χ0v) is 23.0. The molecule has 0 aliphatic heterocycles. The van der Waals surface area contributed by atoms with Crippen molar-refractivity contribution in [3.63, 3.8) is 0 Å². The first-order chi connectivity index (χ1) is 20.0. The van der Waals surface area contributed by atoms with E-state index in [9.17, 15) is 23.2 Å². The van der Waals surface area contributed by atoms with Crippen molar-refractivity contribution in [1.82, 2.24) is 15.5 Å². The van der Waals surface area contributed by atoms with Crippen LogP contribution in [0.5, 0.6) is 0 Å². The molecule has 4 aromatic rings. The molecule has 10 heteroatoms. The van der Waals surface area contributed by atoms with Crippen molar-refractivity contribution >= 4 is 5.91 Å². The van der Waals surface area contributed by atoms with Gasteiger partial charge in [-0.15, -0.1) is 10.2 Å². The van der Waals surface area contributed by atoms with Crippen LogP contribution in [-0.4, -0.2) is 22.3 Å². The van der Waals surface area contributed by atoms with Gasteiger partial charge >= 0.3 is 6.18 Å². The van der Waals surface area contributed by atoms with Gasteiger partial charge in [0, 0.05) is 11.1 Å². The molecule has 1 aliphatic carbocycles. The third kappa shape index (κ3) is 6.06. The van der Waals surface area contributed by atoms with Crippen molar-refractivity contribution in [2.24, 2.45) is 5.73 Å². The lowest BCUT2D eigenvalue weighted by Gasteiger charge is -2.24. The summed E-state index contributed by atoms with van der Waals surface area (Å²) in [5.41, 5.74) is 6.32. The number of nitrogens with one attached hydrogen (secondary N) is 1. The number of halogens is 3. The largest absolute Gasteiger partial charge is 0.419 e. The van der Waals surface area contributed by atoms with Crippen molar-refractivity contribution in [3.05, 3.63) is 107 Å².